The van der Waals surface area contributed by atoms with Gasteiger partial charge in [-0.1, -0.05) is 11.6 Å². The predicted molar refractivity (Wildman–Crippen MR) is 102 cm³/mol. The monoisotopic (exact) mass is 440 g/mol. The number of nitrogens with zero attached hydrogens (tertiary/aromatic N) is 3. The molecule has 2 unspecified atom stereocenters. The lowest BCUT2D eigenvalue weighted by atomic mass is 9.92. The number of nitrogens with two attached hydrogens (primary N) is 1. The number of hydrogen-bond acceptors (Lipinski definition) is 7. The minimum atomic E-state index is -4.05. The van der Waals surface area contributed by atoms with Crippen LogP contribution in [0.15, 0.2) is 41.6 Å². The fraction of sp³-hybridized carbons (Fsp3) is 0.333. The highest BCUT2D eigenvalue weighted by Crippen LogP contribution is 2.32. The molecule has 2 heterocycles. The van der Waals surface area contributed by atoms with Gasteiger partial charge >= 0.3 is 0 Å². The van der Waals surface area contributed by atoms with Gasteiger partial charge in [0.05, 0.1) is 17.1 Å². The average Bonchev–Trinajstić information content (AvgIpc) is 3.01. The van der Waals surface area contributed by atoms with Crippen molar-refractivity contribution in [3.05, 3.63) is 52.9 Å². The second-order valence-electron chi connectivity index (χ2n) is 6.75. The summed E-state index contributed by atoms with van der Waals surface area (Å²) in [7, 11) is -4.05. The van der Waals surface area contributed by atoms with E-state index in [0.717, 1.165) is 10.4 Å². The number of hydrogen-bond donors (Lipinski definition) is 2. The van der Waals surface area contributed by atoms with Gasteiger partial charge in [0.15, 0.2) is 5.03 Å². The molecule has 0 radical (unpaired) electrons. The second kappa shape index (κ2) is 7.85. The number of nitriles is 1. The molecular formula is C18H18ClFN4O4S. The number of benzene rings is 1. The third kappa shape index (κ3) is 4.05. The van der Waals surface area contributed by atoms with Gasteiger partial charge in [0, 0.05) is 24.8 Å². The summed E-state index contributed by atoms with van der Waals surface area (Å²) in [4.78, 5) is 3.83. The van der Waals surface area contributed by atoms with Crippen molar-refractivity contribution >= 4 is 21.6 Å². The summed E-state index contributed by atoms with van der Waals surface area (Å²) in [6.45, 7) is 0.958. The maximum absolute atomic E-state index is 13.9. The molecule has 2 aromatic rings. The van der Waals surface area contributed by atoms with Crippen LogP contribution in [0.3, 0.4) is 0 Å². The Bertz CT molecular complexity index is 1060. The lowest BCUT2D eigenvalue weighted by Crippen LogP contribution is -2.56. The lowest BCUT2D eigenvalue weighted by Gasteiger charge is -2.32. The number of rotatable bonds is 5. The van der Waals surface area contributed by atoms with E-state index in [4.69, 9.17) is 27.3 Å². The summed E-state index contributed by atoms with van der Waals surface area (Å²) < 4.78 is 46.4. The van der Waals surface area contributed by atoms with Crippen LogP contribution in [-0.2, 0) is 10.0 Å². The van der Waals surface area contributed by atoms with Gasteiger partial charge < -0.3 is 15.6 Å². The quantitative estimate of drug-likeness (QED) is 0.716. The zero-order valence-electron chi connectivity index (χ0n) is 15.3. The molecule has 1 aliphatic heterocycles. The first-order valence-electron chi connectivity index (χ1n) is 8.54. The Morgan fingerprint density at radius 1 is 1.48 bits per heavy atom. The van der Waals surface area contributed by atoms with Crippen molar-refractivity contribution in [3.63, 3.8) is 0 Å². The van der Waals surface area contributed by atoms with Gasteiger partial charge in [-0.05, 0) is 31.2 Å². The van der Waals surface area contributed by atoms with Crippen LogP contribution in [0.4, 0.5) is 4.39 Å². The highest BCUT2D eigenvalue weighted by molar-refractivity contribution is 7.89. The minimum absolute atomic E-state index is 0.0365. The van der Waals surface area contributed by atoms with Crippen LogP contribution in [-0.4, -0.2) is 53.6 Å². The second-order valence-corrected chi connectivity index (χ2v) is 9.07. The Kier molecular flexibility index (Phi) is 5.80. The van der Waals surface area contributed by atoms with E-state index in [2.05, 4.69) is 4.98 Å². The maximum atomic E-state index is 13.9. The number of sulfonamides is 1. The molecule has 1 saturated heterocycles. The van der Waals surface area contributed by atoms with E-state index in [1.807, 2.05) is 0 Å². The van der Waals surface area contributed by atoms with Crippen molar-refractivity contribution in [2.45, 2.75) is 29.7 Å². The molecule has 0 saturated carbocycles. The molecule has 1 aromatic carbocycles. The highest BCUT2D eigenvalue weighted by atomic mass is 35.5. The first-order chi connectivity index (χ1) is 13.6. The van der Waals surface area contributed by atoms with Crippen molar-refractivity contribution in [2.75, 3.05) is 13.1 Å². The topological polar surface area (TPSA) is 130 Å². The van der Waals surface area contributed by atoms with Gasteiger partial charge in [-0.15, -0.1) is 0 Å². The van der Waals surface area contributed by atoms with Crippen LogP contribution in [0.5, 0.6) is 5.75 Å². The Balaban J connectivity index is 1.90. The van der Waals surface area contributed by atoms with Crippen molar-refractivity contribution in [3.8, 4) is 11.8 Å². The standard InChI is InChI=1S/C18H18ClFN4O4S/c1-11(22)18(25)10-24(29(26,27)17-5-3-13(19)8-23-17)9-16(18)28-14-4-2-12(7-21)15(20)6-14/h2-6,8,11,16,25H,9-10,22H2,1H3/t11?,16-,18?/m0/s1. The summed E-state index contributed by atoms with van der Waals surface area (Å²) in [5.74, 6) is -0.753. The number of halogens is 2. The van der Waals surface area contributed by atoms with Crippen LogP contribution in [0, 0.1) is 17.1 Å². The fourth-order valence-corrected chi connectivity index (χ4v) is 4.53. The molecule has 0 amide bonds. The Hall–Kier alpha value is -2.29. The van der Waals surface area contributed by atoms with E-state index < -0.39 is 33.6 Å². The molecule has 11 heteroatoms. The molecule has 154 valence electrons. The number of pyridine rings is 1. The average molecular weight is 441 g/mol. The zero-order chi connectivity index (χ0) is 21.4. The van der Waals surface area contributed by atoms with Crippen LogP contribution in [0.2, 0.25) is 5.02 Å². The van der Waals surface area contributed by atoms with Crippen molar-refractivity contribution in [1.82, 2.24) is 9.29 Å². The molecule has 0 spiro atoms. The number of aromatic nitrogens is 1. The van der Waals surface area contributed by atoms with Gasteiger partial charge in [-0.3, -0.25) is 0 Å². The summed E-state index contributed by atoms with van der Waals surface area (Å²) in [6.07, 6.45) is 0.132. The molecule has 1 aromatic heterocycles. The van der Waals surface area contributed by atoms with E-state index in [0.29, 0.717) is 0 Å². The SMILES string of the molecule is CC(N)C1(O)CN(S(=O)(=O)c2ccc(Cl)cn2)C[C@@H]1Oc1ccc(C#N)c(F)c1. The number of ether oxygens (including phenoxy) is 1. The van der Waals surface area contributed by atoms with E-state index in [1.165, 1.54) is 37.4 Å². The predicted octanol–water partition coefficient (Wildman–Crippen LogP) is 1.28. The van der Waals surface area contributed by atoms with E-state index in [9.17, 15) is 17.9 Å². The Morgan fingerprint density at radius 2 is 2.21 bits per heavy atom. The molecular weight excluding hydrogens is 423 g/mol. The number of aliphatic hydroxyl groups is 1. The summed E-state index contributed by atoms with van der Waals surface area (Å²) in [5, 5.41) is 19.9. The molecule has 0 bridgehead atoms. The summed E-state index contributed by atoms with van der Waals surface area (Å²) >= 11 is 5.76. The van der Waals surface area contributed by atoms with Crippen molar-refractivity contribution < 1.29 is 22.7 Å². The molecule has 0 aliphatic carbocycles. The van der Waals surface area contributed by atoms with Crippen LogP contribution in [0.1, 0.15) is 12.5 Å². The fourth-order valence-electron chi connectivity index (χ4n) is 3.02. The van der Waals surface area contributed by atoms with Crippen molar-refractivity contribution in [1.29, 1.82) is 5.26 Å². The Morgan fingerprint density at radius 3 is 2.76 bits per heavy atom. The third-order valence-corrected chi connectivity index (χ3v) is 6.74. The van der Waals surface area contributed by atoms with E-state index in [1.54, 1.807) is 6.07 Å². The normalized spacial score (nSPS) is 23.5. The van der Waals surface area contributed by atoms with Crippen LogP contribution >= 0.6 is 11.6 Å². The molecule has 1 aliphatic rings. The molecule has 3 rings (SSSR count). The van der Waals surface area contributed by atoms with Crippen LogP contribution < -0.4 is 10.5 Å². The largest absolute Gasteiger partial charge is 0.486 e. The molecule has 29 heavy (non-hydrogen) atoms. The van der Waals surface area contributed by atoms with Gasteiger partial charge in [-0.2, -0.15) is 9.57 Å². The van der Waals surface area contributed by atoms with E-state index >= 15 is 0 Å². The highest BCUT2D eigenvalue weighted by Gasteiger charge is 2.53. The minimum Gasteiger partial charge on any atom is -0.486 e. The first kappa shape index (κ1) is 21.4. The smallest absolute Gasteiger partial charge is 0.260 e. The molecule has 1 fully saturated rings. The maximum Gasteiger partial charge on any atom is 0.260 e. The summed E-state index contributed by atoms with van der Waals surface area (Å²) in [6, 6.07) is 7.08. The van der Waals surface area contributed by atoms with Crippen LogP contribution in [0.25, 0.3) is 0 Å². The van der Waals surface area contributed by atoms with Gasteiger partial charge in [0.1, 0.15) is 29.3 Å². The van der Waals surface area contributed by atoms with E-state index in [-0.39, 0.29) is 34.5 Å². The van der Waals surface area contributed by atoms with Gasteiger partial charge in [0.2, 0.25) is 0 Å². The Labute approximate surface area is 172 Å². The zero-order valence-corrected chi connectivity index (χ0v) is 16.9. The molecule has 8 nitrogen and oxygen atoms in total. The number of β-amino-alcohol motifs (C(OH)–C–C–N with tert-alkyl or cyclic N) is 1. The summed E-state index contributed by atoms with van der Waals surface area (Å²) in [5.41, 5.74) is 4.02. The molecule has 3 atom stereocenters. The van der Waals surface area contributed by atoms with Crippen molar-refractivity contribution in [2.24, 2.45) is 5.73 Å². The third-order valence-electron chi connectivity index (χ3n) is 4.79. The first-order valence-corrected chi connectivity index (χ1v) is 10.4. The lowest BCUT2D eigenvalue weighted by molar-refractivity contribution is -0.0425. The van der Waals surface area contributed by atoms with Gasteiger partial charge in [-0.25, -0.2) is 17.8 Å². The molecule has 3 N–H and O–H groups in total. The van der Waals surface area contributed by atoms with Gasteiger partial charge in [0.25, 0.3) is 10.0 Å².